The van der Waals surface area contributed by atoms with Crippen molar-refractivity contribution in [3.05, 3.63) is 0 Å². The summed E-state index contributed by atoms with van der Waals surface area (Å²) in [6, 6.07) is 0.0445. The Kier molecular flexibility index (Phi) is 4.39. The Bertz CT molecular complexity index is 164. The fraction of sp³-hybridized carbons (Fsp3) is 0.900. The Morgan fingerprint density at radius 3 is 2.62 bits per heavy atom. The van der Waals surface area contributed by atoms with Crippen LogP contribution in [0.1, 0.15) is 26.2 Å². The summed E-state index contributed by atoms with van der Waals surface area (Å²) in [5, 5.41) is 3.06. The van der Waals surface area contributed by atoms with Crippen molar-refractivity contribution in [2.75, 3.05) is 20.3 Å². The van der Waals surface area contributed by atoms with Crippen LogP contribution < -0.4 is 5.32 Å². The lowest BCUT2D eigenvalue weighted by molar-refractivity contribution is -0.119. The van der Waals surface area contributed by atoms with E-state index in [0.717, 1.165) is 32.5 Å². The van der Waals surface area contributed by atoms with Gasteiger partial charge in [-0.3, -0.25) is 4.79 Å². The van der Waals surface area contributed by atoms with Gasteiger partial charge in [-0.15, -0.1) is 0 Å². The largest absolute Gasteiger partial charge is 0.381 e. The first kappa shape index (κ1) is 10.7. The Balaban J connectivity index is 2.31. The van der Waals surface area contributed by atoms with E-state index in [4.69, 9.17) is 4.74 Å². The minimum atomic E-state index is 0.0445. The van der Waals surface area contributed by atoms with Gasteiger partial charge >= 0.3 is 0 Å². The van der Waals surface area contributed by atoms with Gasteiger partial charge in [0, 0.05) is 13.2 Å². The topological polar surface area (TPSA) is 38.3 Å². The Morgan fingerprint density at radius 1 is 1.54 bits per heavy atom. The molecule has 1 heterocycles. The summed E-state index contributed by atoms with van der Waals surface area (Å²) in [6.45, 7) is 3.37. The van der Waals surface area contributed by atoms with E-state index in [9.17, 15) is 4.79 Å². The summed E-state index contributed by atoms with van der Waals surface area (Å²) < 4.78 is 5.27. The third-order valence-corrected chi connectivity index (χ3v) is 2.75. The second kappa shape index (κ2) is 5.35. The van der Waals surface area contributed by atoms with Crippen molar-refractivity contribution in [2.45, 2.75) is 32.2 Å². The molecule has 76 valence electrons. The predicted molar refractivity (Wildman–Crippen MR) is 51.7 cm³/mol. The van der Waals surface area contributed by atoms with Crippen molar-refractivity contribution in [1.29, 1.82) is 0 Å². The number of carbonyl (C=O) groups is 1. The minimum absolute atomic E-state index is 0.0445. The Morgan fingerprint density at radius 2 is 2.15 bits per heavy atom. The number of ether oxygens (including phenoxy) is 1. The molecule has 0 aromatic rings. The number of likely N-dealkylation sites (N-methyl/N-ethyl adjacent to an activating group) is 1. The molecule has 0 amide bonds. The van der Waals surface area contributed by atoms with Crippen LogP contribution >= 0.6 is 0 Å². The maximum atomic E-state index is 11.2. The van der Waals surface area contributed by atoms with Crippen molar-refractivity contribution >= 4 is 5.78 Å². The molecule has 0 bridgehead atoms. The molecule has 0 aliphatic carbocycles. The normalized spacial score (nSPS) is 21.4. The molecule has 0 radical (unpaired) electrons. The fourth-order valence-corrected chi connectivity index (χ4v) is 1.80. The van der Waals surface area contributed by atoms with Crippen LogP contribution in [0.3, 0.4) is 0 Å². The molecule has 3 nitrogen and oxygen atoms in total. The number of rotatable bonds is 4. The average molecular weight is 185 g/mol. The van der Waals surface area contributed by atoms with Gasteiger partial charge in [0.25, 0.3) is 0 Å². The molecule has 1 aliphatic rings. The van der Waals surface area contributed by atoms with E-state index in [-0.39, 0.29) is 11.8 Å². The molecule has 0 unspecified atom stereocenters. The van der Waals surface area contributed by atoms with Crippen LogP contribution in [-0.2, 0) is 9.53 Å². The SMILES string of the molecule is CN[C@@H](CC1CCOCC1)C(C)=O. The van der Waals surface area contributed by atoms with E-state index in [1.165, 1.54) is 0 Å². The van der Waals surface area contributed by atoms with Crippen molar-refractivity contribution < 1.29 is 9.53 Å². The van der Waals surface area contributed by atoms with Gasteiger partial charge in [-0.25, -0.2) is 0 Å². The third-order valence-electron chi connectivity index (χ3n) is 2.75. The smallest absolute Gasteiger partial charge is 0.146 e. The van der Waals surface area contributed by atoms with Crippen molar-refractivity contribution in [3.8, 4) is 0 Å². The standard InChI is InChI=1S/C10H19NO2/c1-8(12)10(11-2)7-9-3-5-13-6-4-9/h9-11H,3-7H2,1-2H3/t10-/m0/s1. The van der Waals surface area contributed by atoms with E-state index in [1.807, 2.05) is 7.05 Å². The van der Waals surface area contributed by atoms with Gasteiger partial charge in [0.2, 0.25) is 0 Å². The number of nitrogens with one attached hydrogen (secondary N) is 1. The summed E-state index contributed by atoms with van der Waals surface area (Å²) in [5.41, 5.74) is 0. The summed E-state index contributed by atoms with van der Waals surface area (Å²) in [4.78, 5) is 11.2. The second-order valence-electron chi connectivity index (χ2n) is 3.74. The lowest BCUT2D eigenvalue weighted by Crippen LogP contribution is -2.35. The Labute approximate surface area is 79.8 Å². The maximum Gasteiger partial charge on any atom is 0.146 e. The van der Waals surface area contributed by atoms with Gasteiger partial charge in [-0.2, -0.15) is 0 Å². The van der Waals surface area contributed by atoms with Crippen molar-refractivity contribution in [2.24, 2.45) is 5.92 Å². The highest BCUT2D eigenvalue weighted by molar-refractivity contribution is 5.81. The number of hydrogen-bond donors (Lipinski definition) is 1. The molecule has 1 N–H and O–H groups in total. The zero-order chi connectivity index (χ0) is 9.68. The molecular formula is C10H19NO2. The highest BCUT2D eigenvalue weighted by Gasteiger charge is 2.20. The van der Waals surface area contributed by atoms with E-state index < -0.39 is 0 Å². The first-order chi connectivity index (χ1) is 6.24. The number of hydrogen-bond acceptors (Lipinski definition) is 3. The van der Waals surface area contributed by atoms with Gasteiger partial charge in [0.1, 0.15) is 5.78 Å². The minimum Gasteiger partial charge on any atom is -0.381 e. The van der Waals surface area contributed by atoms with Gasteiger partial charge in [-0.1, -0.05) is 0 Å². The van der Waals surface area contributed by atoms with Crippen LogP contribution in [0.2, 0.25) is 0 Å². The zero-order valence-corrected chi connectivity index (χ0v) is 8.51. The number of ketones is 1. The van der Waals surface area contributed by atoms with Crippen LogP contribution in [0.5, 0.6) is 0 Å². The molecular weight excluding hydrogens is 166 g/mol. The third kappa shape index (κ3) is 3.44. The van der Waals surface area contributed by atoms with E-state index >= 15 is 0 Å². The van der Waals surface area contributed by atoms with Crippen LogP contribution in [0.4, 0.5) is 0 Å². The fourth-order valence-electron chi connectivity index (χ4n) is 1.80. The van der Waals surface area contributed by atoms with Crippen LogP contribution in [0.25, 0.3) is 0 Å². The molecule has 1 fully saturated rings. The highest BCUT2D eigenvalue weighted by atomic mass is 16.5. The second-order valence-corrected chi connectivity index (χ2v) is 3.74. The van der Waals surface area contributed by atoms with E-state index in [0.29, 0.717) is 5.92 Å². The van der Waals surface area contributed by atoms with Crippen LogP contribution in [0, 0.1) is 5.92 Å². The molecule has 13 heavy (non-hydrogen) atoms. The first-order valence-electron chi connectivity index (χ1n) is 4.99. The molecule has 1 aliphatic heterocycles. The van der Waals surface area contributed by atoms with Crippen LogP contribution in [-0.4, -0.2) is 32.1 Å². The van der Waals surface area contributed by atoms with Gasteiger partial charge in [0.15, 0.2) is 0 Å². The molecule has 0 aromatic heterocycles. The van der Waals surface area contributed by atoms with Gasteiger partial charge < -0.3 is 10.1 Å². The van der Waals surface area contributed by atoms with Crippen LogP contribution in [0.15, 0.2) is 0 Å². The molecule has 1 saturated heterocycles. The quantitative estimate of drug-likeness (QED) is 0.709. The lowest BCUT2D eigenvalue weighted by Gasteiger charge is -2.25. The number of Topliss-reactive ketones (excluding diaryl/α,β-unsaturated/α-hetero) is 1. The van der Waals surface area contributed by atoms with Crippen molar-refractivity contribution in [3.63, 3.8) is 0 Å². The average Bonchev–Trinajstić information content (AvgIpc) is 2.15. The summed E-state index contributed by atoms with van der Waals surface area (Å²) in [5.74, 6) is 0.907. The van der Waals surface area contributed by atoms with Gasteiger partial charge in [-0.05, 0) is 39.2 Å². The highest BCUT2D eigenvalue weighted by Crippen LogP contribution is 2.20. The summed E-state index contributed by atoms with van der Waals surface area (Å²) >= 11 is 0. The molecule has 3 heteroatoms. The summed E-state index contributed by atoms with van der Waals surface area (Å²) in [7, 11) is 1.85. The van der Waals surface area contributed by atoms with E-state index in [1.54, 1.807) is 6.92 Å². The molecule has 1 atom stereocenters. The van der Waals surface area contributed by atoms with Crippen molar-refractivity contribution in [1.82, 2.24) is 5.32 Å². The monoisotopic (exact) mass is 185 g/mol. The lowest BCUT2D eigenvalue weighted by atomic mass is 9.91. The molecule has 0 aromatic carbocycles. The summed E-state index contributed by atoms with van der Waals surface area (Å²) in [6.07, 6.45) is 3.17. The number of carbonyl (C=O) groups excluding carboxylic acids is 1. The predicted octanol–water partition coefficient (Wildman–Crippen LogP) is 0.980. The maximum absolute atomic E-state index is 11.2. The molecule has 0 saturated carbocycles. The Hall–Kier alpha value is -0.410. The molecule has 0 spiro atoms. The first-order valence-corrected chi connectivity index (χ1v) is 4.99. The zero-order valence-electron chi connectivity index (χ0n) is 8.51. The van der Waals surface area contributed by atoms with Gasteiger partial charge in [0.05, 0.1) is 6.04 Å². The van der Waals surface area contributed by atoms with E-state index in [2.05, 4.69) is 5.32 Å². The molecule has 1 rings (SSSR count).